The molecule has 0 bridgehead atoms. The van der Waals surface area contributed by atoms with Gasteiger partial charge in [-0.2, -0.15) is 0 Å². The van der Waals surface area contributed by atoms with Crippen LogP contribution in [0.2, 0.25) is 0 Å². The van der Waals surface area contributed by atoms with Gasteiger partial charge in [0.25, 0.3) is 0 Å². The van der Waals surface area contributed by atoms with Gasteiger partial charge in [0.05, 0.1) is 27.4 Å². The molecule has 0 saturated heterocycles. The first-order valence-electron chi connectivity index (χ1n) is 10.00. The van der Waals surface area contributed by atoms with E-state index in [1.165, 1.54) is 22.0 Å². The van der Waals surface area contributed by atoms with Gasteiger partial charge in [0, 0.05) is 17.0 Å². The summed E-state index contributed by atoms with van der Waals surface area (Å²) < 4.78 is 16.7. The van der Waals surface area contributed by atoms with E-state index in [-0.39, 0.29) is 6.04 Å². The highest BCUT2D eigenvalue weighted by molar-refractivity contribution is 5.96. The third-order valence-corrected chi connectivity index (χ3v) is 6.31. The lowest BCUT2D eigenvalue weighted by Crippen LogP contribution is -2.29. The predicted molar refractivity (Wildman–Crippen MR) is 116 cm³/mol. The lowest BCUT2D eigenvalue weighted by atomic mass is 9.76. The monoisotopic (exact) mass is 387 g/mol. The van der Waals surface area contributed by atoms with Gasteiger partial charge in [-0.15, -0.1) is 0 Å². The molecule has 0 amide bonds. The summed E-state index contributed by atoms with van der Waals surface area (Å²) in [6.07, 6.45) is 5.72. The molecule has 0 radical (unpaired) electrons. The molecule has 0 saturated carbocycles. The smallest absolute Gasteiger partial charge is 0.203 e. The number of ether oxygens (including phenoxy) is 3. The summed E-state index contributed by atoms with van der Waals surface area (Å²) in [5.41, 5.74) is 3.76. The molecular weight excluding hydrogens is 362 g/mol. The number of allylic oxidation sites excluding steroid dienone is 2. The number of fused-ring (bicyclic) bond motifs is 5. The van der Waals surface area contributed by atoms with Gasteiger partial charge in [-0.05, 0) is 41.0 Å². The standard InChI is InChI=1S/C25H25NO3/c1-27-21-13-16(14-22(28-2)25(21)29-3)23-19-10-6-9-18(19)20-12-11-15-7-4-5-8-17(15)24(20)26-23/h4-9,11-14,18-19,23,26H,10H2,1-3H3. The van der Waals surface area contributed by atoms with E-state index in [0.29, 0.717) is 29.1 Å². The Morgan fingerprint density at radius 3 is 2.38 bits per heavy atom. The van der Waals surface area contributed by atoms with Crippen LogP contribution < -0.4 is 19.5 Å². The van der Waals surface area contributed by atoms with Crippen molar-refractivity contribution in [1.82, 2.24) is 0 Å². The van der Waals surface area contributed by atoms with Crippen LogP contribution in [-0.2, 0) is 0 Å². The third kappa shape index (κ3) is 2.74. The summed E-state index contributed by atoms with van der Waals surface area (Å²) in [4.78, 5) is 0. The van der Waals surface area contributed by atoms with Crippen LogP contribution >= 0.6 is 0 Å². The van der Waals surface area contributed by atoms with Gasteiger partial charge in [0.1, 0.15) is 0 Å². The Labute approximate surface area is 171 Å². The van der Waals surface area contributed by atoms with Crippen molar-refractivity contribution in [2.75, 3.05) is 26.6 Å². The van der Waals surface area contributed by atoms with Crippen LogP contribution in [0.1, 0.15) is 29.5 Å². The highest BCUT2D eigenvalue weighted by Gasteiger charge is 2.39. The van der Waals surface area contributed by atoms with Gasteiger partial charge in [0.2, 0.25) is 5.75 Å². The van der Waals surface area contributed by atoms with Crippen LogP contribution in [0.25, 0.3) is 10.8 Å². The van der Waals surface area contributed by atoms with Crippen molar-refractivity contribution >= 4 is 16.5 Å². The fourth-order valence-electron chi connectivity index (χ4n) is 4.95. The molecule has 0 fully saturated rings. The molecule has 1 aliphatic heterocycles. The van der Waals surface area contributed by atoms with E-state index in [1.807, 2.05) is 0 Å². The van der Waals surface area contributed by atoms with Crippen molar-refractivity contribution in [2.24, 2.45) is 5.92 Å². The number of methoxy groups -OCH3 is 3. The Balaban J connectivity index is 1.67. The second-order valence-electron chi connectivity index (χ2n) is 7.69. The lowest BCUT2D eigenvalue weighted by molar-refractivity contribution is 0.322. The summed E-state index contributed by atoms with van der Waals surface area (Å²) in [5, 5.41) is 6.39. The second kappa shape index (κ2) is 7.03. The molecule has 1 heterocycles. The second-order valence-corrected chi connectivity index (χ2v) is 7.69. The molecular formula is C25H25NO3. The first-order valence-corrected chi connectivity index (χ1v) is 10.00. The van der Waals surface area contributed by atoms with Crippen molar-refractivity contribution in [3.05, 3.63) is 71.8 Å². The van der Waals surface area contributed by atoms with Crippen molar-refractivity contribution < 1.29 is 14.2 Å². The molecule has 2 aliphatic rings. The molecule has 29 heavy (non-hydrogen) atoms. The van der Waals surface area contributed by atoms with Crippen LogP contribution in [0, 0.1) is 5.92 Å². The number of anilines is 1. The van der Waals surface area contributed by atoms with Crippen LogP contribution in [0.4, 0.5) is 5.69 Å². The van der Waals surface area contributed by atoms with Crippen molar-refractivity contribution in [1.29, 1.82) is 0 Å². The van der Waals surface area contributed by atoms with E-state index in [2.05, 4.69) is 66.0 Å². The Hall–Kier alpha value is -3.14. The fourth-order valence-corrected chi connectivity index (χ4v) is 4.95. The van der Waals surface area contributed by atoms with Gasteiger partial charge >= 0.3 is 0 Å². The van der Waals surface area contributed by atoms with E-state index < -0.39 is 0 Å². The molecule has 3 atom stereocenters. The normalized spacial score (nSPS) is 22.0. The maximum Gasteiger partial charge on any atom is 0.203 e. The quantitative estimate of drug-likeness (QED) is 0.584. The van der Waals surface area contributed by atoms with Crippen molar-refractivity contribution in [3.63, 3.8) is 0 Å². The number of hydrogen-bond donors (Lipinski definition) is 1. The van der Waals surface area contributed by atoms with Crippen LogP contribution in [-0.4, -0.2) is 21.3 Å². The zero-order valence-corrected chi connectivity index (χ0v) is 16.9. The van der Waals surface area contributed by atoms with Gasteiger partial charge < -0.3 is 19.5 Å². The summed E-state index contributed by atoms with van der Waals surface area (Å²) in [6, 6.07) is 17.4. The Kier molecular flexibility index (Phi) is 4.35. The Morgan fingerprint density at radius 1 is 0.897 bits per heavy atom. The Morgan fingerprint density at radius 2 is 1.66 bits per heavy atom. The average Bonchev–Trinajstić information content (AvgIpc) is 3.27. The van der Waals surface area contributed by atoms with E-state index >= 15 is 0 Å². The highest BCUT2D eigenvalue weighted by Crippen LogP contribution is 2.53. The minimum atomic E-state index is 0.155. The minimum Gasteiger partial charge on any atom is -0.493 e. The number of rotatable bonds is 4. The van der Waals surface area contributed by atoms with Crippen molar-refractivity contribution in [2.45, 2.75) is 18.4 Å². The maximum atomic E-state index is 5.61. The van der Waals surface area contributed by atoms with Crippen LogP contribution in [0.5, 0.6) is 17.2 Å². The topological polar surface area (TPSA) is 39.7 Å². The third-order valence-electron chi connectivity index (χ3n) is 6.31. The average molecular weight is 387 g/mol. The molecule has 3 unspecified atom stereocenters. The van der Waals surface area contributed by atoms with Crippen LogP contribution in [0.15, 0.2) is 60.7 Å². The largest absolute Gasteiger partial charge is 0.493 e. The summed E-state index contributed by atoms with van der Waals surface area (Å²) in [7, 11) is 4.97. The Bertz CT molecular complexity index is 1080. The lowest BCUT2D eigenvalue weighted by Gasteiger charge is -2.38. The zero-order chi connectivity index (χ0) is 20.0. The van der Waals surface area contributed by atoms with E-state index in [9.17, 15) is 0 Å². The molecule has 1 aliphatic carbocycles. The van der Waals surface area contributed by atoms with Crippen LogP contribution in [0.3, 0.4) is 0 Å². The summed E-state index contributed by atoms with van der Waals surface area (Å²) >= 11 is 0. The molecule has 3 aromatic rings. The SMILES string of the molecule is COc1cc(C2Nc3c(ccc4ccccc34)C3C=CCC32)cc(OC)c1OC. The first kappa shape index (κ1) is 17.9. The highest BCUT2D eigenvalue weighted by atomic mass is 16.5. The number of benzene rings is 3. The fraction of sp³-hybridized carbons (Fsp3) is 0.280. The van der Waals surface area contributed by atoms with Crippen molar-refractivity contribution in [3.8, 4) is 17.2 Å². The first-order chi connectivity index (χ1) is 14.2. The molecule has 5 rings (SSSR count). The molecule has 0 aromatic heterocycles. The molecule has 148 valence electrons. The van der Waals surface area contributed by atoms with Gasteiger partial charge in [-0.3, -0.25) is 0 Å². The zero-order valence-electron chi connectivity index (χ0n) is 16.9. The summed E-state index contributed by atoms with van der Waals surface area (Å²) in [6.45, 7) is 0. The summed E-state index contributed by atoms with van der Waals surface area (Å²) in [5.74, 6) is 2.86. The minimum absolute atomic E-state index is 0.155. The molecule has 3 aromatic carbocycles. The van der Waals surface area contributed by atoms with E-state index in [4.69, 9.17) is 14.2 Å². The maximum absolute atomic E-state index is 5.61. The molecule has 1 N–H and O–H groups in total. The van der Waals surface area contributed by atoms with E-state index in [1.54, 1.807) is 21.3 Å². The molecule has 4 heteroatoms. The number of nitrogens with one attached hydrogen (secondary N) is 1. The van der Waals surface area contributed by atoms with Gasteiger partial charge in [-0.25, -0.2) is 0 Å². The van der Waals surface area contributed by atoms with Gasteiger partial charge in [0.15, 0.2) is 11.5 Å². The molecule has 4 nitrogen and oxygen atoms in total. The van der Waals surface area contributed by atoms with E-state index in [0.717, 1.165) is 12.0 Å². The molecule has 0 spiro atoms. The van der Waals surface area contributed by atoms with Gasteiger partial charge in [-0.1, -0.05) is 48.6 Å². The predicted octanol–water partition coefficient (Wildman–Crippen LogP) is 5.69. The number of hydrogen-bond acceptors (Lipinski definition) is 4.